The van der Waals surface area contributed by atoms with Crippen molar-refractivity contribution in [3.8, 4) is 0 Å². The second kappa shape index (κ2) is 9.83. The molecule has 0 rings (SSSR count). The molecule has 0 aliphatic carbocycles. The molecule has 1 heteroatoms. The molecule has 0 aromatic heterocycles. The van der Waals surface area contributed by atoms with Gasteiger partial charge < -0.3 is 0 Å². The minimum absolute atomic E-state index is 1.22. The maximum atomic E-state index is 2.22. The van der Waals surface area contributed by atoms with Gasteiger partial charge >= 0.3 is 0 Å². The van der Waals surface area contributed by atoms with Gasteiger partial charge in [0.15, 0.2) is 0 Å². The van der Waals surface area contributed by atoms with Crippen molar-refractivity contribution in [1.82, 2.24) is 0 Å². The first-order valence-electron chi connectivity index (χ1n) is 4.22. The first-order chi connectivity index (χ1) is 5.41. The van der Waals surface area contributed by atoms with Crippen LogP contribution in [0.3, 0.4) is 0 Å². The Labute approximate surface area is 74.8 Å². The minimum atomic E-state index is 1.22. The Bertz CT molecular complexity index is 100. The topological polar surface area (TPSA) is 0 Å². The van der Waals surface area contributed by atoms with Crippen molar-refractivity contribution in [3.63, 3.8) is 0 Å². The largest absolute Gasteiger partial charge is 0.161 e. The summed E-state index contributed by atoms with van der Waals surface area (Å²) in [6.07, 6.45) is 11.1. The van der Waals surface area contributed by atoms with E-state index in [0.717, 1.165) is 0 Å². The van der Waals surface area contributed by atoms with Crippen molar-refractivity contribution in [2.24, 2.45) is 0 Å². The van der Waals surface area contributed by atoms with Crippen LogP contribution < -0.4 is 0 Å². The smallest absolute Gasteiger partial charge is 0.00328 e. The fourth-order valence-electron chi connectivity index (χ4n) is 0.738. The summed E-state index contributed by atoms with van der Waals surface area (Å²) < 4.78 is 0. The summed E-state index contributed by atoms with van der Waals surface area (Å²) in [5.74, 6) is 2.53. The van der Waals surface area contributed by atoms with E-state index < -0.39 is 0 Å². The lowest BCUT2D eigenvalue weighted by Gasteiger charge is -1.94. The van der Waals surface area contributed by atoms with Crippen molar-refractivity contribution in [2.45, 2.75) is 26.7 Å². The second-order valence-corrected chi connectivity index (χ2v) is 3.55. The molecule has 0 radical (unpaired) electrons. The van der Waals surface area contributed by atoms with Gasteiger partial charge in [0.25, 0.3) is 0 Å². The van der Waals surface area contributed by atoms with E-state index in [4.69, 9.17) is 0 Å². The van der Waals surface area contributed by atoms with Crippen LogP contribution in [0.1, 0.15) is 26.7 Å². The molecule has 0 aliphatic rings. The van der Waals surface area contributed by atoms with Crippen LogP contribution >= 0.6 is 11.8 Å². The molecule has 0 nitrogen and oxygen atoms in total. The predicted molar refractivity (Wildman–Crippen MR) is 56.2 cm³/mol. The van der Waals surface area contributed by atoms with Crippen molar-refractivity contribution >= 4 is 11.8 Å². The van der Waals surface area contributed by atoms with E-state index in [9.17, 15) is 0 Å². The fraction of sp³-hybridized carbons (Fsp3) is 0.600. The monoisotopic (exact) mass is 170 g/mol. The second-order valence-electron chi connectivity index (χ2n) is 2.33. The third kappa shape index (κ3) is 9.83. The lowest BCUT2D eigenvalue weighted by molar-refractivity contribution is 1.20. The van der Waals surface area contributed by atoms with Gasteiger partial charge in [-0.2, -0.15) is 11.8 Å². The molecule has 0 fully saturated rings. The Morgan fingerprint density at radius 3 is 1.73 bits per heavy atom. The van der Waals surface area contributed by atoms with E-state index in [1.165, 1.54) is 24.3 Å². The van der Waals surface area contributed by atoms with Gasteiger partial charge in [0.2, 0.25) is 0 Å². The molecule has 0 atom stereocenters. The van der Waals surface area contributed by atoms with Gasteiger partial charge in [-0.3, -0.25) is 0 Å². The van der Waals surface area contributed by atoms with Crippen LogP contribution in [0.15, 0.2) is 24.3 Å². The average molecular weight is 170 g/mol. The summed E-state index contributed by atoms with van der Waals surface area (Å²) in [4.78, 5) is 0. The van der Waals surface area contributed by atoms with Gasteiger partial charge in [-0.15, -0.1) is 0 Å². The summed E-state index contributed by atoms with van der Waals surface area (Å²) in [7, 11) is 0. The molecular formula is C10H18S. The van der Waals surface area contributed by atoms with E-state index in [0.29, 0.717) is 0 Å². The minimum Gasteiger partial charge on any atom is -0.161 e. The summed E-state index contributed by atoms with van der Waals surface area (Å²) in [5.41, 5.74) is 0. The summed E-state index contributed by atoms with van der Waals surface area (Å²) in [6.45, 7) is 4.15. The summed E-state index contributed by atoms with van der Waals surface area (Å²) in [6, 6.07) is 0. The van der Waals surface area contributed by atoms with E-state index in [1.54, 1.807) is 0 Å². The third-order valence-corrected chi connectivity index (χ3v) is 2.38. The van der Waals surface area contributed by atoms with Crippen LogP contribution in [0, 0.1) is 0 Å². The molecule has 0 spiro atoms. The van der Waals surface area contributed by atoms with Gasteiger partial charge in [0.1, 0.15) is 0 Å². The molecule has 0 N–H and O–H groups in total. The molecule has 0 bridgehead atoms. The Hall–Kier alpha value is -0.170. The van der Waals surface area contributed by atoms with Crippen LogP contribution in [-0.2, 0) is 0 Å². The van der Waals surface area contributed by atoms with Crippen LogP contribution in [-0.4, -0.2) is 11.5 Å². The molecule has 0 unspecified atom stereocenters. The van der Waals surface area contributed by atoms with Crippen LogP contribution in [0.4, 0.5) is 0 Å². The van der Waals surface area contributed by atoms with Crippen LogP contribution in [0.2, 0.25) is 0 Å². The van der Waals surface area contributed by atoms with Crippen LogP contribution in [0.5, 0.6) is 0 Å². The Kier molecular flexibility index (Phi) is 9.68. The molecule has 0 saturated carbocycles. The first-order valence-corrected chi connectivity index (χ1v) is 5.37. The molecule has 0 heterocycles. The molecular weight excluding hydrogens is 152 g/mol. The Morgan fingerprint density at radius 1 is 0.909 bits per heavy atom. The molecule has 64 valence electrons. The SMILES string of the molecule is CC=CCCSCCC=CC. The predicted octanol–water partition coefficient (Wildman–Crippen LogP) is 3.65. The average Bonchev–Trinajstić information content (AvgIpc) is 2.03. The third-order valence-electron chi connectivity index (χ3n) is 1.33. The van der Waals surface area contributed by atoms with Crippen molar-refractivity contribution in [1.29, 1.82) is 0 Å². The highest BCUT2D eigenvalue weighted by Gasteiger charge is 1.83. The molecule has 0 aliphatic heterocycles. The highest BCUT2D eigenvalue weighted by molar-refractivity contribution is 7.99. The standard InChI is InChI=1S/C10H18S/c1-3-5-7-9-11-10-8-6-4-2/h3-6H,7-10H2,1-2H3. The van der Waals surface area contributed by atoms with Gasteiger partial charge in [-0.05, 0) is 38.2 Å². The maximum Gasteiger partial charge on any atom is -0.00328 e. The molecule has 0 aromatic rings. The normalized spacial score (nSPS) is 11.8. The quantitative estimate of drug-likeness (QED) is 0.433. The van der Waals surface area contributed by atoms with Gasteiger partial charge in [-0.25, -0.2) is 0 Å². The number of allylic oxidation sites excluding steroid dienone is 4. The molecule has 11 heavy (non-hydrogen) atoms. The van der Waals surface area contributed by atoms with E-state index in [2.05, 4.69) is 38.2 Å². The molecule has 0 saturated heterocycles. The summed E-state index contributed by atoms with van der Waals surface area (Å²) >= 11 is 2.03. The van der Waals surface area contributed by atoms with Gasteiger partial charge in [0, 0.05) is 0 Å². The van der Waals surface area contributed by atoms with E-state index in [1.807, 2.05) is 11.8 Å². The van der Waals surface area contributed by atoms with Crippen molar-refractivity contribution in [2.75, 3.05) is 11.5 Å². The molecule has 0 amide bonds. The first kappa shape index (κ1) is 10.8. The number of hydrogen-bond donors (Lipinski definition) is 0. The highest BCUT2D eigenvalue weighted by atomic mass is 32.2. The van der Waals surface area contributed by atoms with Gasteiger partial charge in [0.05, 0.1) is 0 Å². The highest BCUT2D eigenvalue weighted by Crippen LogP contribution is 2.05. The number of hydrogen-bond acceptors (Lipinski definition) is 1. The van der Waals surface area contributed by atoms with Gasteiger partial charge in [-0.1, -0.05) is 24.3 Å². The zero-order chi connectivity index (χ0) is 8.36. The zero-order valence-corrected chi connectivity index (χ0v) is 8.36. The summed E-state index contributed by atoms with van der Waals surface area (Å²) in [5, 5.41) is 0. The fourth-order valence-corrected chi connectivity index (χ4v) is 1.55. The maximum absolute atomic E-state index is 2.22. The van der Waals surface area contributed by atoms with E-state index >= 15 is 0 Å². The van der Waals surface area contributed by atoms with E-state index in [-0.39, 0.29) is 0 Å². The lowest BCUT2D eigenvalue weighted by Crippen LogP contribution is -1.79. The number of thioether (sulfide) groups is 1. The Balaban J connectivity index is 2.90. The van der Waals surface area contributed by atoms with Crippen LogP contribution in [0.25, 0.3) is 0 Å². The zero-order valence-electron chi connectivity index (χ0n) is 7.55. The van der Waals surface area contributed by atoms with Crippen molar-refractivity contribution < 1.29 is 0 Å². The number of rotatable bonds is 6. The molecule has 0 aromatic carbocycles. The Morgan fingerprint density at radius 2 is 1.36 bits per heavy atom. The van der Waals surface area contributed by atoms with Crippen molar-refractivity contribution in [3.05, 3.63) is 24.3 Å². The lowest BCUT2D eigenvalue weighted by atomic mass is 10.4.